The molecule has 23 heavy (non-hydrogen) atoms. The molecule has 0 bridgehead atoms. The van der Waals surface area contributed by atoms with E-state index in [0.29, 0.717) is 54.3 Å². The Morgan fingerprint density at radius 3 is 2.78 bits per heavy atom. The van der Waals surface area contributed by atoms with Crippen molar-refractivity contribution >= 4 is 23.1 Å². The summed E-state index contributed by atoms with van der Waals surface area (Å²) in [6, 6.07) is 3.39. The van der Waals surface area contributed by atoms with Crippen molar-refractivity contribution in [3.8, 4) is 11.5 Å². The number of nitrogens with zero attached hydrogens (tertiary/aromatic N) is 2. The molecule has 0 unspecified atom stereocenters. The number of benzene rings is 1. The van der Waals surface area contributed by atoms with Crippen molar-refractivity contribution in [3.05, 3.63) is 22.5 Å². The van der Waals surface area contributed by atoms with E-state index in [1.807, 2.05) is 6.92 Å². The van der Waals surface area contributed by atoms with Crippen LogP contribution in [-0.4, -0.2) is 36.6 Å². The van der Waals surface area contributed by atoms with Gasteiger partial charge in [-0.3, -0.25) is 9.36 Å². The average Bonchev–Trinajstić information content (AvgIpc) is 2.57. The van der Waals surface area contributed by atoms with Crippen LogP contribution in [0.1, 0.15) is 19.8 Å². The number of ether oxygens (including phenoxy) is 2. The van der Waals surface area contributed by atoms with E-state index in [2.05, 4.69) is 10.3 Å². The van der Waals surface area contributed by atoms with E-state index in [-0.39, 0.29) is 5.56 Å². The monoisotopic (exact) mass is 319 g/mol. The van der Waals surface area contributed by atoms with Crippen LogP contribution in [0.2, 0.25) is 0 Å². The molecule has 0 fully saturated rings. The van der Waals surface area contributed by atoms with Crippen molar-refractivity contribution in [2.45, 2.75) is 26.3 Å². The molecule has 0 aliphatic heterocycles. The van der Waals surface area contributed by atoms with Gasteiger partial charge in [0.15, 0.2) is 11.5 Å². The van der Waals surface area contributed by atoms with Gasteiger partial charge in [0.25, 0.3) is 5.56 Å². The maximum Gasteiger partial charge on any atom is 0.262 e. The minimum Gasteiger partial charge on any atom is -0.491 e. The van der Waals surface area contributed by atoms with Crippen LogP contribution in [0.15, 0.2) is 16.9 Å². The van der Waals surface area contributed by atoms with E-state index < -0.39 is 0 Å². The molecule has 0 spiro atoms. The van der Waals surface area contributed by atoms with Crippen LogP contribution in [0.4, 0.5) is 5.95 Å². The number of carbonyl (C=O) groups excluding carboxylic acids is 1. The maximum absolute atomic E-state index is 12.6. The van der Waals surface area contributed by atoms with Crippen molar-refractivity contribution in [3.63, 3.8) is 0 Å². The van der Waals surface area contributed by atoms with E-state index in [4.69, 9.17) is 9.47 Å². The fourth-order valence-corrected chi connectivity index (χ4v) is 2.39. The number of aldehydes is 1. The standard InChI is InChI=1S/C16H21N3O4/c1-4-19-15(21)11-7-8-12(23-10-6-5-9-20)14(22-3)13(11)18-16(19)17-2/h7-9H,4-6,10H2,1-3H3,(H,17,18). The van der Waals surface area contributed by atoms with Gasteiger partial charge < -0.3 is 19.6 Å². The molecule has 2 aromatic rings. The Morgan fingerprint density at radius 2 is 2.17 bits per heavy atom. The first kappa shape index (κ1) is 16.8. The van der Waals surface area contributed by atoms with Crippen LogP contribution in [-0.2, 0) is 11.3 Å². The smallest absolute Gasteiger partial charge is 0.262 e. The molecule has 1 aromatic heterocycles. The number of unbranched alkanes of at least 4 members (excludes halogenated alkanes) is 1. The lowest BCUT2D eigenvalue weighted by molar-refractivity contribution is -0.108. The fraction of sp³-hybridized carbons (Fsp3) is 0.438. The summed E-state index contributed by atoms with van der Waals surface area (Å²) < 4.78 is 12.6. The number of hydrogen-bond donors (Lipinski definition) is 1. The van der Waals surface area contributed by atoms with Gasteiger partial charge in [-0.25, -0.2) is 4.98 Å². The SMILES string of the molecule is CCn1c(NC)nc2c(OC)c(OCCCC=O)ccc2c1=O. The van der Waals surface area contributed by atoms with Crippen LogP contribution < -0.4 is 20.3 Å². The summed E-state index contributed by atoms with van der Waals surface area (Å²) >= 11 is 0. The van der Waals surface area contributed by atoms with Gasteiger partial charge in [-0.2, -0.15) is 0 Å². The highest BCUT2D eigenvalue weighted by Gasteiger charge is 2.16. The minimum atomic E-state index is -0.132. The molecule has 0 aliphatic rings. The molecule has 1 heterocycles. The maximum atomic E-state index is 12.6. The third-order valence-corrected chi connectivity index (χ3v) is 3.51. The molecule has 0 radical (unpaired) electrons. The van der Waals surface area contributed by atoms with Gasteiger partial charge in [-0.1, -0.05) is 0 Å². The van der Waals surface area contributed by atoms with Gasteiger partial charge in [0.05, 0.1) is 19.1 Å². The summed E-state index contributed by atoms with van der Waals surface area (Å²) in [4.78, 5) is 27.4. The Balaban J connectivity index is 2.53. The lowest BCUT2D eigenvalue weighted by Gasteiger charge is -2.15. The molecule has 7 nitrogen and oxygen atoms in total. The molecular formula is C16H21N3O4. The van der Waals surface area contributed by atoms with Crippen LogP contribution in [0.3, 0.4) is 0 Å². The summed E-state index contributed by atoms with van der Waals surface area (Å²) in [6.07, 6.45) is 1.92. The van der Waals surface area contributed by atoms with E-state index in [9.17, 15) is 9.59 Å². The first-order valence-electron chi connectivity index (χ1n) is 7.53. The Kier molecular flexibility index (Phi) is 5.56. The van der Waals surface area contributed by atoms with Crippen molar-refractivity contribution in [1.29, 1.82) is 0 Å². The second-order valence-electron chi connectivity index (χ2n) is 4.89. The summed E-state index contributed by atoms with van der Waals surface area (Å²) in [5.41, 5.74) is 0.326. The zero-order chi connectivity index (χ0) is 16.8. The van der Waals surface area contributed by atoms with Gasteiger partial charge in [0.1, 0.15) is 11.8 Å². The van der Waals surface area contributed by atoms with Crippen LogP contribution in [0.25, 0.3) is 10.9 Å². The summed E-state index contributed by atoms with van der Waals surface area (Å²) in [7, 11) is 3.23. The van der Waals surface area contributed by atoms with Gasteiger partial charge >= 0.3 is 0 Å². The number of hydrogen-bond acceptors (Lipinski definition) is 6. The zero-order valence-electron chi connectivity index (χ0n) is 13.6. The predicted octanol–water partition coefficient (Wildman–Crippen LogP) is 1.82. The largest absolute Gasteiger partial charge is 0.491 e. The predicted molar refractivity (Wildman–Crippen MR) is 88.6 cm³/mol. The molecule has 0 atom stereocenters. The second-order valence-corrected chi connectivity index (χ2v) is 4.89. The Morgan fingerprint density at radius 1 is 1.39 bits per heavy atom. The lowest BCUT2D eigenvalue weighted by Crippen LogP contribution is -2.23. The van der Waals surface area contributed by atoms with E-state index in [1.165, 1.54) is 7.11 Å². The van der Waals surface area contributed by atoms with Gasteiger partial charge in [-0.05, 0) is 25.5 Å². The van der Waals surface area contributed by atoms with Crippen molar-refractivity contribution in [1.82, 2.24) is 9.55 Å². The number of anilines is 1. The van der Waals surface area contributed by atoms with Gasteiger partial charge in [-0.15, -0.1) is 0 Å². The van der Waals surface area contributed by atoms with E-state index in [0.717, 1.165) is 6.29 Å². The fourth-order valence-electron chi connectivity index (χ4n) is 2.39. The highest BCUT2D eigenvalue weighted by Crippen LogP contribution is 2.33. The quantitative estimate of drug-likeness (QED) is 0.590. The average molecular weight is 319 g/mol. The van der Waals surface area contributed by atoms with Gasteiger partial charge in [0.2, 0.25) is 5.95 Å². The topological polar surface area (TPSA) is 82.4 Å². The van der Waals surface area contributed by atoms with E-state index >= 15 is 0 Å². The Labute approximate surface area is 134 Å². The van der Waals surface area contributed by atoms with Crippen LogP contribution >= 0.6 is 0 Å². The number of methoxy groups -OCH3 is 1. The molecule has 1 N–H and O–H groups in total. The summed E-state index contributed by atoms with van der Waals surface area (Å²) in [6.45, 7) is 2.80. The van der Waals surface area contributed by atoms with Crippen molar-refractivity contribution < 1.29 is 14.3 Å². The van der Waals surface area contributed by atoms with E-state index in [1.54, 1.807) is 23.7 Å². The third-order valence-electron chi connectivity index (χ3n) is 3.51. The third kappa shape index (κ3) is 3.28. The number of aromatic nitrogens is 2. The van der Waals surface area contributed by atoms with Crippen LogP contribution in [0.5, 0.6) is 11.5 Å². The number of fused-ring (bicyclic) bond motifs is 1. The second kappa shape index (κ2) is 7.62. The number of carbonyl (C=O) groups is 1. The molecular weight excluding hydrogens is 298 g/mol. The highest BCUT2D eigenvalue weighted by atomic mass is 16.5. The molecule has 0 saturated heterocycles. The Hall–Kier alpha value is -2.57. The molecule has 1 aromatic carbocycles. The first-order chi connectivity index (χ1) is 11.2. The van der Waals surface area contributed by atoms with Crippen LogP contribution in [0, 0.1) is 0 Å². The molecule has 0 amide bonds. The number of rotatable bonds is 8. The molecule has 2 rings (SSSR count). The van der Waals surface area contributed by atoms with Crippen molar-refractivity contribution in [2.75, 3.05) is 26.1 Å². The summed E-state index contributed by atoms with van der Waals surface area (Å²) in [5, 5.41) is 3.40. The summed E-state index contributed by atoms with van der Waals surface area (Å²) in [5.74, 6) is 1.40. The zero-order valence-corrected chi connectivity index (χ0v) is 13.6. The molecule has 0 saturated carbocycles. The molecule has 0 aliphatic carbocycles. The lowest BCUT2D eigenvalue weighted by atomic mass is 10.2. The Bertz CT molecular complexity index is 755. The first-order valence-corrected chi connectivity index (χ1v) is 7.53. The molecule has 124 valence electrons. The normalized spacial score (nSPS) is 10.6. The van der Waals surface area contributed by atoms with Gasteiger partial charge in [0, 0.05) is 20.0 Å². The number of nitrogens with one attached hydrogen (secondary N) is 1. The minimum absolute atomic E-state index is 0.132. The van der Waals surface area contributed by atoms with Crippen molar-refractivity contribution in [2.24, 2.45) is 0 Å². The molecule has 7 heteroatoms. The highest BCUT2D eigenvalue weighted by molar-refractivity contribution is 5.87.